The number of hydrogen-bond acceptors (Lipinski definition) is 4. The topological polar surface area (TPSA) is 63.8 Å². The second kappa shape index (κ2) is 19.2. The fraction of sp³-hybridized carbons (Fsp3) is 0.400. The first-order valence-electron chi connectivity index (χ1n) is 25.6. The molecule has 71 heavy (non-hydrogen) atoms. The molecule has 6 heteroatoms. The zero-order valence-electron chi connectivity index (χ0n) is 45.8. The quantitative estimate of drug-likeness (QED) is 0.146. The van der Waals surface area contributed by atoms with Gasteiger partial charge in [0, 0.05) is 43.3 Å². The van der Waals surface area contributed by atoms with Gasteiger partial charge < -0.3 is 5.11 Å². The molecule has 374 valence electrons. The number of phenols is 1. The third kappa shape index (κ3) is 9.70. The second-order valence-corrected chi connectivity index (χ2v) is 25.0. The predicted molar refractivity (Wildman–Crippen MR) is 297 cm³/mol. The van der Waals surface area contributed by atoms with Crippen LogP contribution in [0.2, 0.25) is 0 Å². The SMILES string of the molecule is CC(C)C(c1cccc2c(-c3[c-]c(-c4cccc5c4nc(-c4cc(C(C)(C)C)cc(C(C)(C)C)c4O)n5-c4ccc(C(C)(C)C)cc4-c4ccccc4)cc(C(C)(C)C)c3)ncnc12)(C(C)C)C(C)C.[Pt]. The number of rotatable bonds is 9. The summed E-state index contributed by atoms with van der Waals surface area (Å²) in [6.45, 7) is 41.0. The third-order valence-corrected chi connectivity index (χ3v) is 15.2. The van der Waals surface area contributed by atoms with Crippen LogP contribution in [0.15, 0.2) is 116 Å². The number of fused-ring (bicyclic) bond motifs is 2. The molecule has 0 aliphatic rings. The van der Waals surface area contributed by atoms with Crippen LogP contribution >= 0.6 is 0 Å². The van der Waals surface area contributed by atoms with Crippen molar-refractivity contribution in [3.63, 3.8) is 0 Å². The van der Waals surface area contributed by atoms with E-state index in [4.69, 9.17) is 15.0 Å². The number of aromatic nitrogens is 4. The van der Waals surface area contributed by atoms with Gasteiger partial charge >= 0.3 is 0 Å². The standard InChI is InChI=1S/C65H77N4O.Pt/c1-39(2)65(40(3)4,41(5)6)52-28-22-27-49-56(66-38-67-57(49)52)44-32-43(33-46(34-44)62(10,11)12)48-26-23-29-55-58(48)68-60(51-36-47(63(13,14)15)37-53(59(51)70)64(16,17)18)69(55)54-31-30-45(61(7,8)9)35-50(54)42-24-20-19-21-25-42;/h19-31,33-41,70H,1-18H3;/q-1;. The van der Waals surface area contributed by atoms with Gasteiger partial charge in [-0.3, -0.25) is 9.55 Å². The predicted octanol–water partition coefficient (Wildman–Crippen LogP) is 17.5. The average molecular weight is 1130 g/mol. The van der Waals surface area contributed by atoms with Crippen LogP contribution in [0.1, 0.15) is 152 Å². The summed E-state index contributed by atoms with van der Waals surface area (Å²) in [5.74, 6) is 2.11. The van der Waals surface area contributed by atoms with E-state index in [2.05, 4.69) is 244 Å². The van der Waals surface area contributed by atoms with Crippen molar-refractivity contribution in [2.75, 3.05) is 0 Å². The summed E-state index contributed by atoms with van der Waals surface area (Å²) in [7, 11) is 0. The molecule has 0 saturated heterocycles. The van der Waals surface area contributed by atoms with Crippen molar-refractivity contribution in [3.8, 4) is 56.3 Å². The Kier molecular flexibility index (Phi) is 14.5. The maximum atomic E-state index is 12.7. The van der Waals surface area contributed by atoms with E-state index in [1.54, 1.807) is 6.33 Å². The fourth-order valence-corrected chi connectivity index (χ4v) is 11.5. The summed E-state index contributed by atoms with van der Waals surface area (Å²) >= 11 is 0. The van der Waals surface area contributed by atoms with Gasteiger partial charge in [-0.2, -0.15) is 0 Å². The summed E-state index contributed by atoms with van der Waals surface area (Å²) in [6.07, 6.45) is 1.75. The molecule has 2 heterocycles. The van der Waals surface area contributed by atoms with E-state index < -0.39 is 0 Å². The van der Waals surface area contributed by atoms with E-state index in [1.807, 2.05) is 0 Å². The van der Waals surface area contributed by atoms with Gasteiger partial charge in [-0.25, -0.2) is 9.97 Å². The van der Waals surface area contributed by atoms with Crippen LogP contribution in [0.5, 0.6) is 5.75 Å². The normalized spacial score (nSPS) is 13.0. The Labute approximate surface area is 440 Å². The number of para-hydroxylation sites is 2. The Morgan fingerprint density at radius 1 is 0.507 bits per heavy atom. The molecule has 5 nitrogen and oxygen atoms in total. The Morgan fingerprint density at radius 2 is 1.08 bits per heavy atom. The monoisotopic (exact) mass is 1120 g/mol. The summed E-state index contributed by atoms with van der Waals surface area (Å²) in [5, 5.41) is 13.7. The molecule has 6 aromatic carbocycles. The van der Waals surface area contributed by atoms with E-state index in [9.17, 15) is 5.11 Å². The van der Waals surface area contributed by atoms with Crippen LogP contribution in [0.25, 0.3) is 72.5 Å². The molecule has 0 unspecified atom stereocenters. The van der Waals surface area contributed by atoms with Gasteiger partial charge in [0.1, 0.15) is 17.9 Å². The first-order chi connectivity index (χ1) is 32.6. The Morgan fingerprint density at radius 3 is 1.68 bits per heavy atom. The molecule has 8 rings (SSSR count). The van der Waals surface area contributed by atoms with Crippen molar-refractivity contribution in [3.05, 3.63) is 149 Å². The zero-order chi connectivity index (χ0) is 51.0. The van der Waals surface area contributed by atoms with Crippen LogP contribution in [-0.4, -0.2) is 24.6 Å². The molecular weight excluding hydrogens is 1050 g/mol. The van der Waals surface area contributed by atoms with E-state index in [0.29, 0.717) is 29.1 Å². The molecule has 0 spiro atoms. The number of imidazole rings is 1. The van der Waals surface area contributed by atoms with Gasteiger partial charge in [0.05, 0.1) is 27.8 Å². The van der Waals surface area contributed by atoms with Crippen molar-refractivity contribution < 1.29 is 26.2 Å². The van der Waals surface area contributed by atoms with Crippen LogP contribution in [0.4, 0.5) is 0 Å². The van der Waals surface area contributed by atoms with Crippen LogP contribution < -0.4 is 0 Å². The molecule has 0 amide bonds. The molecule has 0 fully saturated rings. The van der Waals surface area contributed by atoms with E-state index in [0.717, 1.165) is 72.3 Å². The number of aromatic hydroxyl groups is 1. The van der Waals surface area contributed by atoms with E-state index in [-0.39, 0.29) is 53.9 Å². The van der Waals surface area contributed by atoms with Crippen LogP contribution in [-0.2, 0) is 48.1 Å². The number of hydrogen-bond donors (Lipinski definition) is 1. The Bertz CT molecular complexity index is 3220. The summed E-state index contributed by atoms with van der Waals surface area (Å²) in [6, 6.07) is 43.6. The Balaban J connectivity index is 0.00000741. The van der Waals surface area contributed by atoms with Gasteiger partial charge in [0.2, 0.25) is 0 Å². The molecular formula is C65H77N4OPt-. The molecule has 0 aliphatic heterocycles. The van der Waals surface area contributed by atoms with E-state index >= 15 is 0 Å². The first-order valence-corrected chi connectivity index (χ1v) is 25.6. The molecule has 0 radical (unpaired) electrons. The van der Waals surface area contributed by atoms with Crippen molar-refractivity contribution >= 4 is 21.9 Å². The minimum atomic E-state index is -0.337. The fourth-order valence-electron chi connectivity index (χ4n) is 11.5. The number of nitrogens with zero attached hydrogens (tertiary/aromatic N) is 4. The smallest absolute Gasteiger partial charge is 0.148 e. The van der Waals surface area contributed by atoms with Crippen LogP contribution in [0, 0.1) is 23.8 Å². The van der Waals surface area contributed by atoms with Gasteiger partial charge in [0.25, 0.3) is 0 Å². The van der Waals surface area contributed by atoms with Gasteiger partial charge in [0.15, 0.2) is 0 Å². The van der Waals surface area contributed by atoms with Crippen molar-refractivity contribution in [2.24, 2.45) is 17.8 Å². The summed E-state index contributed by atoms with van der Waals surface area (Å²) in [4.78, 5) is 15.9. The van der Waals surface area contributed by atoms with Gasteiger partial charge in [-0.05, 0) is 91.3 Å². The summed E-state index contributed by atoms with van der Waals surface area (Å²) in [5.41, 5.74) is 15.1. The second-order valence-electron chi connectivity index (χ2n) is 25.0. The van der Waals surface area contributed by atoms with Gasteiger partial charge in [-0.1, -0.05) is 209 Å². The zero-order valence-corrected chi connectivity index (χ0v) is 48.0. The van der Waals surface area contributed by atoms with Crippen LogP contribution in [0.3, 0.4) is 0 Å². The maximum absolute atomic E-state index is 12.7. The molecule has 2 aromatic heterocycles. The molecule has 1 N–H and O–H groups in total. The average Bonchev–Trinajstić information content (AvgIpc) is 3.67. The Hall–Kier alpha value is -5.38. The van der Waals surface area contributed by atoms with Crippen molar-refractivity contribution in [1.29, 1.82) is 0 Å². The van der Waals surface area contributed by atoms with E-state index in [1.165, 1.54) is 16.7 Å². The number of phenolic OH excluding ortho intramolecular Hbond substituents is 1. The third-order valence-electron chi connectivity index (χ3n) is 15.2. The summed E-state index contributed by atoms with van der Waals surface area (Å²) < 4.78 is 2.29. The van der Waals surface area contributed by atoms with Crippen molar-refractivity contribution in [2.45, 2.75) is 152 Å². The minimum absolute atomic E-state index is 0. The largest absolute Gasteiger partial charge is 0.507 e. The number of benzene rings is 6. The molecule has 8 aromatic rings. The van der Waals surface area contributed by atoms with Gasteiger partial charge in [-0.15, -0.1) is 29.3 Å². The minimum Gasteiger partial charge on any atom is -0.507 e. The maximum Gasteiger partial charge on any atom is 0.148 e. The molecule has 0 saturated carbocycles. The first kappa shape index (κ1) is 53.4. The van der Waals surface area contributed by atoms with Crippen molar-refractivity contribution in [1.82, 2.24) is 19.5 Å². The molecule has 0 aliphatic carbocycles. The molecule has 0 bridgehead atoms. The molecule has 0 atom stereocenters.